The number of hydrogen-bond acceptors (Lipinski definition) is 2. The van der Waals surface area contributed by atoms with E-state index < -0.39 is 11.9 Å². The fourth-order valence-electron chi connectivity index (χ4n) is 1.99. The quantitative estimate of drug-likeness (QED) is 0.894. The number of carboxylic acids is 2. The van der Waals surface area contributed by atoms with E-state index in [0.717, 1.165) is 10.0 Å². The van der Waals surface area contributed by atoms with Gasteiger partial charge < -0.3 is 10.2 Å². The lowest BCUT2D eigenvalue weighted by atomic mass is 9.94. The van der Waals surface area contributed by atoms with Crippen LogP contribution < -0.4 is 0 Å². The molecule has 0 saturated heterocycles. The number of carboxylic acid groups (broad SMARTS) is 2. The van der Waals surface area contributed by atoms with Gasteiger partial charge in [-0.25, -0.2) is 9.59 Å². The van der Waals surface area contributed by atoms with Crippen LogP contribution >= 0.6 is 15.9 Å². The summed E-state index contributed by atoms with van der Waals surface area (Å²) in [5, 5.41) is 18.3. The van der Waals surface area contributed by atoms with Crippen LogP contribution in [0.4, 0.5) is 0 Å². The van der Waals surface area contributed by atoms with E-state index in [1.54, 1.807) is 6.92 Å². The lowest BCUT2D eigenvalue weighted by Gasteiger charge is -2.11. The lowest BCUT2D eigenvalue weighted by Crippen LogP contribution is -2.06. The highest BCUT2D eigenvalue weighted by molar-refractivity contribution is 9.10. The molecule has 0 radical (unpaired) electrons. The van der Waals surface area contributed by atoms with Crippen molar-refractivity contribution in [2.75, 3.05) is 0 Å². The van der Waals surface area contributed by atoms with Crippen molar-refractivity contribution in [2.24, 2.45) is 0 Å². The number of hydrogen-bond donors (Lipinski definition) is 2. The molecule has 2 N–H and O–H groups in total. The Morgan fingerprint density at radius 1 is 1.00 bits per heavy atom. The summed E-state index contributed by atoms with van der Waals surface area (Å²) in [5.41, 5.74) is 1.89. The molecule has 0 aliphatic rings. The summed E-state index contributed by atoms with van der Waals surface area (Å²) in [6, 6.07) is 9.94. The van der Waals surface area contributed by atoms with Crippen molar-refractivity contribution in [3.05, 3.63) is 57.6 Å². The summed E-state index contributed by atoms with van der Waals surface area (Å²) in [6.45, 7) is 1.67. The Kier molecular flexibility index (Phi) is 3.90. The second kappa shape index (κ2) is 5.46. The van der Waals surface area contributed by atoms with Crippen LogP contribution in [-0.4, -0.2) is 22.2 Å². The number of halogens is 1. The van der Waals surface area contributed by atoms with Crippen molar-refractivity contribution in [2.45, 2.75) is 6.92 Å². The van der Waals surface area contributed by atoms with Crippen molar-refractivity contribution in [1.82, 2.24) is 0 Å². The molecule has 0 saturated carbocycles. The van der Waals surface area contributed by atoms with Crippen molar-refractivity contribution in [1.29, 1.82) is 0 Å². The van der Waals surface area contributed by atoms with Crippen LogP contribution in [0.15, 0.2) is 40.9 Å². The summed E-state index contributed by atoms with van der Waals surface area (Å²) in [7, 11) is 0. The van der Waals surface area contributed by atoms with Crippen LogP contribution in [0.2, 0.25) is 0 Å². The highest BCUT2D eigenvalue weighted by atomic mass is 79.9. The summed E-state index contributed by atoms with van der Waals surface area (Å²) in [6.07, 6.45) is 0. The number of benzene rings is 2. The van der Waals surface area contributed by atoms with Gasteiger partial charge in [0.1, 0.15) is 0 Å². The minimum absolute atomic E-state index is 0.00261. The monoisotopic (exact) mass is 334 g/mol. The van der Waals surface area contributed by atoms with Crippen LogP contribution in [0.3, 0.4) is 0 Å². The van der Waals surface area contributed by atoms with Crippen LogP contribution in [0.1, 0.15) is 26.3 Å². The van der Waals surface area contributed by atoms with Gasteiger partial charge >= 0.3 is 11.9 Å². The molecule has 2 aromatic rings. The standard InChI is InChI=1S/C15H11BrO4/c1-8-12(9-2-4-11(16)5-3-9)6-10(14(17)18)7-13(8)15(19)20/h2-7H,1H3,(H,17,18)(H,19,20). The Labute approximate surface area is 123 Å². The fraction of sp³-hybridized carbons (Fsp3) is 0.0667. The van der Waals surface area contributed by atoms with Crippen molar-refractivity contribution in [3.8, 4) is 11.1 Å². The molecular formula is C15H11BrO4. The molecule has 0 aliphatic heterocycles. The van der Waals surface area contributed by atoms with E-state index in [4.69, 9.17) is 5.11 Å². The van der Waals surface area contributed by atoms with Gasteiger partial charge in [0.05, 0.1) is 11.1 Å². The van der Waals surface area contributed by atoms with Crippen LogP contribution in [0, 0.1) is 6.92 Å². The van der Waals surface area contributed by atoms with Gasteiger partial charge in [-0.15, -0.1) is 0 Å². The molecule has 0 heterocycles. The first kappa shape index (κ1) is 14.3. The maximum absolute atomic E-state index is 11.2. The van der Waals surface area contributed by atoms with E-state index >= 15 is 0 Å². The van der Waals surface area contributed by atoms with E-state index in [2.05, 4.69) is 15.9 Å². The third-order valence-corrected chi connectivity index (χ3v) is 3.57. The molecule has 0 atom stereocenters. The molecule has 5 heteroatoms. The predicted octanol–water partition coefficient (Wildman–Crippen LogP) is 3.82. The van der Waals surface area contributed by atoms with E-state index in [1.165, 1.54) is 12.1 Å². The lowest BCUT2D eigenvalue weighted by molar-refractivity contribution is 0.0695. The summed E-state index contributed by atoms with van der Waals surface area (Å²) < 4.78 is 0.895. The normalized spacial score (nSPS) is 10.3. The van der Waals surface area contributed by atoms with E-state index in [-0.39, 0.29) is 11.1 Å². The number of carbonyl (C=O) groups is 2. The topological polar surface area (TPSA) is 74.6 Å². The first-order valence-corrected chi connectivity index (χ1v) is 6.56. The van der Waals surface area contributed by atoms with Gasteiger partial charge in [0.25, 0.3) is 0 Å². The molecule has 4 nitrogen and oxygen atoms in total. The van der Waals surface area contributed by atoms with Crippen LogP contribution in [0.5, 0.6) is 0 Å². The Bertz CT molecular complexity index is 690. The van der Waals surface area contributed by atoms with Crippen molar-refractivity contribution < 1.29 is 19.8 Å². The smallest absolute Gasteiger partial charge is 0.335 e. The van der Waals surface area contributed by atoms with Gasteiger partial charge in [-0.2, -0.15) is 0 Å². The minimum atomic E-state index is -1.15. The SMILES string of the molecule is Cc1c(C(=O)O)cc(C(=O)O)cc1-c1ccc(Br)cc1. The molecule has 2 aromatic carbocycles. The maximum Gasteiger partial charge on any atom is 0.335 e. The average molecular weight is 335 g/mol. The van der Waals surface area contributed by atoms with E-state index in [9.17, 15) is 14.7 Å². The summed E-state index contributed by atoms with van der Waals surface area (Å²) >= 11 is 3.32. The van der Waals surface area contributed by atoms with Crippen LogP contribution in [0.25, 0.3) is 11.1 Å². The largest absolute Gasteiger partial charge is 0.478 e. The highest BCUT2D eigenvalue weighted by Crippen LogP contribution is 2.28. The summed E-state index contributed by atoms with van der Waals surface area (Å²) in [4.78, 5) is 22.4. The van der Waals surface area contributed by atoms with Gasteiger partial charge in [0, 0.05) is 4.47 Å². The average Bonchev–Trinajstić information content (AvgIpc) is 2.39. The zero-order valence-electron chi connectivity index (χ0n) is 10.6. The molecule has 0 aliphatic carbocycles. The molecule has 0 bridgehead atoms. The predicted molar refractivity (Wildman–Crippen MR) is 78.2 cm³/mol. The molecule has 0 aromatic heterocycles. The van der Waals surface area contributed by atoms with E-state index in [0.29, 0.717) is 11.1 Å². The molecule has 0 spiro atoms. The summed E-state index contributed by atoms with van der Waals surface area (Å²) in [5.74, 6) is -2.28. The van der Waals surface area contributed by atoms with Crippen molar-refractivity contribution in [3.63, 3.8) is 0 Å². The Morgan fingerprint density at radius 3 is 2.10 bits per heavy atom. The molecule has 0 fully saturated rings. The molecular weight excluding hydrogens is 324 g/mol. The van der Waals surface area contributed by atoms with Gasteiger partial charge in [-0.05, 0) is 47.9 Å². The van der Waals surface area contributed by atoms with Crippen molar-refractivity contribution >= 4 is 27.9 Å². The van der Waals surface area contributed by atoms with Gasteiger partial charge in [0.2, 0.25) is 0 Å². The molecule has 0 unspecified atom stereocenters. The fourth-order valence-corrected chi connectivity index (χ4v) is 2.25. The Balaban J connectivity index is 2.71. The van der Waals surface area contributed by atoms with Crippen LogP contribution in [-0.2, 0) is 0 Å². The first-order chi connectivity index (χ1) is 9.40. The third kappa shape index (κ3) is 2.72. The van der Waals surface area contributed by atoms with Gasteiger partial charge in [-0.1, -0.05) is 28.1 Å². The minimum Gasteiger partial charge on any atom is -0.478 e. The molecule has 102 valence electrons. The first-order valence-electron chi connectivity index (χ1n) is 5.77. The van der Waals surface area contributed by atoms with Gasteiger partial charge in [0.15, 0.2) is 0 Å². The Hall–Kier alpha value is -2.14. The van der Waals surface area contributed by atoms with Gasteiger partial charge in [-0.3, -0.25) is 0 Å². The number of aromatic carboxylic acids is 2. The molecule has 20 heavy (non-hydrogen) atoms. The maximum atomic E-state index is 11.2. The Morgan fingerprint density at radius 2 is 1.60 bits per heavy atom. The number of rotatable bonds is 3. The zero-order valence-corrected chi connectivity index (χ0v) is 12.1. The third-order valence-electron chi connectivity index (χ3n) is 3.04. The molecule has 0 amide bonds. The zero-order chi connectivity index (χ0) is 14.9. The molecule has 2 rings (SSSR count). The highest BCUT2D eigenvalue weighted by Gasteiger charge is 2.16. The van der Waals surface area contributed by atoms with E-state index in [1.807, 2.05) is 24.3 Å². The second-order valence-corrected chi connectivity index (χ2v) is 5.23. The second-order valence-electron chi connectivity index (χ2n) is 4.31.